The molecule has 19 atom stereocenters. The average Bonchev–Trinajstić information content (AvgIpc) is 3.82. The smallest absolute Gasteiger partial charge is 0.172 e. The van der Waals surface area contributed by atoms with E-state index in [1.165, 1.54) is 0 Å². The Morgan fingerprint density at radius 2 is 1.61 bits per heavy atom. The Labute approximate surface area is 317 Å². The lowest BCUT2D eigenvalue weighted by molar-refractivity contribution is -0.292. The summed E-state index contributed by atoms with van der Waals surface area (Å²) in [5.74, 6) is -0.767. The van der Waals surface area contributed by atoms with Gasteiger partial charge < -0.3 is 47.7 Å². The largest absolute Gasteiger partial charge is 0.393 e. The Bertz CT molecular complexity index is 1510. The van der Waals surface area contributed by atoms with Gasteiger partial charge in [0.25, 0.3) is 0 Å². The minimum Gasteiger partial charge on any atom is -0.393 e. The second-order valence-electron chi connectivity index (χ2n) is 17.6. The molecule has 10 aliphatic heterocycles. The number of nitrogens with zero attached hydrogens (tertiary/aromatic N) is 3. The highest BCUT2D eigenvalue weighted by atomic mass is 16.8. The van der Waals surface area contributed by atoms with Gasteiger partial charge >= 0.3 is 0 Å². The van der Waals surface area contributed by atoms with E-state index in [9.17, 15) is 9.90 Å². The predicted octanol–water partition coefficient (Wildman–Crippen LogP) is 4.79. The fourth-order valence-corrected chi connectivity index (χ4v) is 11.4. The molecule has 0 aromatic heterocycles. The molecule has 10 aliphatic rings. The number of ether oxygens (including phenoxy) is 9. The number of aliphatic hydroxyl groups is 1. The van der Waals surface area contributed by atoms with E-state index in [4.69, 9.17) is 48.2 Å². The van der Waals surface area contributed by atoms with Gasteiger partial charge in [0.05, 0.1) is 73.7 Å². The molecular formula is C40H57N3O11. The fourth-order valence-electron chi connectivity index (χ4n) is 11.4. The number of hydrogen-bond acceptors (Lipinski definition) is 12. The van der Waals surface area contributed by atoms with E-state index in [0.29, 0.717) is 25.7 Å². The molecule has 54 heavy (non-hydrogen) atoms. The number of fused-ring (bicyclic) bond motifs is 6. The van der Waals surface area contributed by atoms with Crippen molar-refractivity contribution < 1.29 is 52.5 Å². The second-order valence-corrected chi connectivity index (χ2v) is 17.6. The van der Waals surface area contributed by atoms with Crippen LogP contribution in [0.5, 0.6) is 0 Å². The van der Waals surface area contributed by atoms with Gasteiger partial charge in [-0.2, -0.15) is 0 Å². The lowest BCUT2D eigenvalue weighted by Crippen LogP contribution is -2.61. The zero-order valence-corrected chi connectivity index (χ0v) is 31.6. The Morgan fingerprint density at radius 3 is 2.44 bits per heavy atom. The summed E-state index contributed by atoms with van der Waals surface area (Å²) in [6.07, 6.45) is 3.73. The number of carbonyl (C=O) groups excluding carboxylic acids is 1. The van der Waals surface area contributed by atoms with E-state index in [1.54, 1.807) is 7.11 Å². The van der Waals surface area contributed by atoms with Crippen LogP contribution in [-0.2, 0) is 47.4 Å². The number of azide groups is 1. The van der Waals surface area contributed by atoms with E-state index < -0.39 is 24.1 Å². The first-order valence-electron chi connectivity index (χ1n) is 20.5. The number of hydrogen-bond donors (Lipinski definition) is 1. The summed E-state index contributed by atoms with van der Waals surface area (Å²) in [7, 11) is 1.62. The third-order valence-corrected chi connectivity index (χ3v) is 14.1. The number of ketones is 1. The van der Waals surface area contributed by atoms with Gasteiger partial charge in [-0.05, 0) is 67.5 Å². The van der Waals surface area contributed by atoms with Crippen molar-refractivity contribution in [2.24, 2.45) is 17.0 Å². The average molecular weight is 756 g/mol. The van der Waals surface area contributed by atoms with E-state index in [2.05, 4.69) is 30.1 Å². The lowest BCUT2D eigenvalue weighted by atomic mass is 9.81. The van der Waals surface area contributed by atoms with Crippen LogP contribution in [0.4, 0.5) is 0 Å². The van der Waals surface area contributed by atoms with Crippen molar-refractivity contribution in [3.05, 3.63) is 34.7 Å². The zero-order valence-electron chi connectivity index (χ0n) is 31.6. The molecule has 10 rings (SSSR count). The highest BCUT2D eigenvalue weighted by molar-refractivity contribution is 5.79. The van der Waals surface area contributed by atoms with Gasteiger partial charge in [-0.1, -0.05) is 25.2 Å². The van der Waals surface area contributed by atoms with Crippen molar-refractivity contribution in [1.82, 2.24) is 0 Å². The molecule has 298 valence electrons. The monoisotopic (exact) mass is 755 g/mol. The highest BCUT2D eigenvalue weighted by Crippen LogP contribution is 2.54. The van der Waals surface area contributed by atoms with Gasteiger partial charge in [-0.3, -0.25) is 4.79 Å². The van der Waals surface area contributed by atoms with Crippen LogP contribution in [0.15, 0.2) is 29.4 Å². The molecule has 0 aliphatic carbocycles. The van der Waals surface area contributed by atoms with Gasteiger partial charge in [0.2, 0.25) is 0 Å². The summed E-state index contributed by atoms with van der Waals surface area (Å²) in [5, 5.41) is 14.3. The maximum Gasteiger partial charge on any atom is 0.172 e. The van der Waals surface area contributed by atoms with Crippen molar-refractivity contribution in [3.63, 3.8) is 0 Å². The fraction of sp³-hybridized carbons (Fsp3) is 0.875. The van der Waals surface area contributed by atoms with E-state index in [1.807, 2.05) is 0 Å². The molecule has 0 aromatic rings. The van der Waals surface area contributed by atoms with E-state index in [-0.39, 0.29) is 123 Å². The third kappa shape index (κ3) is 7.01. The Hall–Kier alpha value is -1.94. The summed E-state index contributed by atoms with van der Waals surface area (Å²) in [6.45, 7) is 11.0. The molecule has 14 heteroatoms. The first-order chi connectivity index (χ1) is 26.1. The Kier molecular flexibility index (Phi) is 10.5. The van der Waals surface area contributed by atoms with Crippen LogP contribution in [0, 0.1) is 11.8 Å². The van der Waals surface area contributed by atoms with Crippen LogP contribution in [0.2, 0.25) is 0 Å². The first-order valence-corrected chi connectivity index (χ1v) is 20.5. The van der Waals surface area contributed by atoms with Crippen molar-refractivity contribution in [1.29, 1.82) is 0 Å². The predicted molar refractivity (Wildman–Crippen MR) is 191 cm³/mol. The molecule has 10 fully saturated rings. The third-order valence-electron chi connectivity index (χ3n) is 14.1. The van der Waals surface area contributed by atoms with Crippen LogP contribution in [-0.4, -0.2) is 128 Å². The molecule has 10 saturated heterocycles. The first kappa shape index (κ1) is 37.6. The maximum atomic E-state index is 14.1. The van der Waals surface area contributed by atoms with Gasteiger partial charge in [0.1, 0.15) is 36.3 Å². The second kappa shape index (κ2) is 15.1. The summed E-state index contributed by atoms with van der Waals surface area (Å²) in [4.78, 5) is 16.9. The minimum absolute atomic E-state index is 0.0142. The molecule has 0 amide bonds. The molecule has 14 nitrogen and oxygen atoms in total. The van der Waals surface area contributed by atoms with Crippen LogP contribution in [0.25, 0.3) is 10.4 Å². The highest BCUT2D eigenvalue weighted by Gasteiger charge is 2.68. The van der Waals surface area contributed by atoms with Crippen LogP contribution < -0.4 is 0 Å². The van der Waals surface area contributed by atoms with Gasteiger partial charge in [0, 0.05) is 56.5 Å². The minimum atomic E-state index is -0.908. The molecule has 0 aromatic carbocycles. The van der Waals surface area contributed by atoms with Crippen LogP contribution >= 0.6 is 0 Å². The van der Waals surface area contributed by atoms with Gasteiger partial charge in [-0.25, -0.2) is 0 Å². The summed E-state index contributed by atoms with van der Waals surface area (Å²) in [5.41, 5.74) is 11.0. The number of methoxy groups -OCH3 is 1. The van der Waals surface area contributed by atoms with Crippen LogP contribution in [0.3, 0.4) is 0 Å². The Balaban J connectivity index is 0.988. The molecule has 1 spiro atoms. The summed E-state index contributed by atoms with van der Waals surface area (Å²) in [6, 6.07) is 0. The van der Waals surface area contributed by atoms with Gasteiger partial charge in [0.15, 0.2) is 5.79 Å². The van der Waals surface area contributed by atoms with Gasteiger partial charge in [-0.15, -0.1) is 0 Å². The molecule has 12 bridgehead atoms. The van der Waals surface area contributed by atoms with Crippen molar-refractivity contribution in [2.75, 3.05) is 13.7 Å². The quantitative estimate of drug-likeness (QED) is 0.177. The standard InChI is InChI=1S/C40H57N3O11/c1-19-11-24-5-7-28-20(2)12-26(47-28)9-10-40-17-33-36(53-40)37-38(52-33)39(54-40)35-29(51-37)8-6-25(49-35)13-22(44)14-27-31(16-30(48-24)21(19)3)50-32(34(27)46-4)15-23(45)18-42-43-41/h19,23-39,45H,2-3,5-18H2,1,4H3/t19-,23+,24+,25-,26+,27+,28+,29+,30-,31+,32-,33+,34-,35+,36+,37?,38-,39+,40+/m1/s1. The SMILES string of the molecule is C=C1C[C@@H]2CC[C@@]34C[C@@H]5O[C@@H]6C(O[C@H]7CC[C@H](CC(=O)C[C@@H]8[C@@H](OC)[C@@H](C[C@H](O)CN=[N+]=[N-])O[C@H]8C[C@H]8O[C@@H](CC[C@@H]1O2)C[C@@H](C)C8=C)O[C@@H]7[C@@H]6O3)[C@H]5O4. The van der Waals surface area contributed by atoms with Crippen molar-refractivity contribution >= 4 is 5.78 Å². The number of carbonyl (C=O) groups is 1. The number of rotatable bonds is 5. The van der Waals surface area contributed by atoms with Crippen LogP contribution in [0.1, 0.15) is 90.4 Å². The topological polar surface area (TPSA) is 169 Å². The summed E-state index contributed by atoms with van der Waals surface area (Å²) < 4.78 is 60.0. The molecule has 10 heterocycles. The van der Waals surface area contributed by atoms with E-state index in [0.717, 1.165) is 49.7 Å². The normalized spacial score (nSPS) is 50.6. The van der Waals surface area contributed by atoms with E-state index >= 15 is 0 Å². The van der Waals surface area contributed by atoms with Crippen molar-refractivity contribution in [2.45, 2.75) is 194 Å². The summed E-state index contributed by atoms with van der Waals surface area (Å²) >= 11 is 0. The molecular weight excluding hydrogens is 698 g/mol. The lowest BCUT2D eigenvalue weighted by Gasteiger charge is -2.47. The molecule has 1 unspecified atom stereocenters. The molecule has 0 radical (unpaired) electrons. The zero-order chi connectivity index (χ0) is 37.3. The molecule has 0 saturated carbocycles. The number of Topliss-reactive ketones (excluding diaryl/α,β-unsaturated/α-hetero) is 1. The number of aliphatic hydroxyl groups excluding tert-OH is 1. The maximum absolute atomic E-state index is 14.1. The van der Waals surface area contributed by atoms with Crippen molar-refractivity contribution in [3.8, 4) is 0 Å². The molecule has 1 N–H and O–H groups in total. The Morgan fingerprint density at radius 1 is 0.852 bits per heavy atom.